The van der Waals surface area contributed by atoms with Gasteiger partial charge in [0.1, 0.15) is 0 Å². The van der Waals surface area contributed by atoms with Crippen LogP contribution >= 0.6 is 0 Å². The van der Waals surface area contributed by atoms with Gasteiger partial charge in [0, 0.05) is 0 Å². The van der Waals surface area contributed by atoms with Crippen molar-refractivity contribution in [1.29, 1.82) is 0 Å². The van der Waals surface area contributed by atoms with Gasteiger partial charge in [-0.3, -0.25) is 8.37 Å². The quantitative estimate of drug-likeness (QED) is 0.629. The zero-order valence-corrected chi connectivity index (χ0v) is 13.8. The van der Waals surface area contributed by atoms with Crippen molar-refractivity contribution in [1.82, 2.24) is 0 Å². The molecule has 0 radical (unpaired) electrons. The van der Waals surface area contributed by atoms with Gasteiger partial charge in [0.2, 0.25) is 0 Å². The van der Waals surface area contributed by atoms with Crippen molar-refractivity contribution in [2.24, 2.45) is 11.3 Å². The maximum atomic E-state index is 11.6. The molecule has 0 aliphatic carbocycles. The van der Waals surface area contributed by atoms with Crippen LogP contribution in [0, 0.1) is 11.3 Å². The summed E-state index contributed by atoms with van der Waals surface area (Å²) in [6.45, 7) is 7.48. The van der Waals surface area contributed by atoms with Gasteiger partial charge in [-0.15, -0.1) is 0 Å². The molecule has 0 aromatic rings. The van der Waals surface area contributed by atoms with Gasteiger partial charge in [-0.25, -0.2) is 0 Å². The zero-order valence-electron chi connectivity index (χ0n) is 12.2. The Morgan fingerprint density at radius 3 is 2.00 bits per heavy atom. The van der Waals surface area contributed by atoms with Crippen LogP contribution in [-0.2, 0) is 28.6 Å². The number of hydrogen-bond acceptors (Lipinski definition) is 6. The zero-order chi connectivity index (χ0) is 15.3. The first-order chi connectivity index (χ1) is 8.31. The van der Waals surface area contributed by atoms with E-state index in [2.05, 4.69) is 4.18 Å². The Hall–Kier alpha value is -0.180. The summed E-state index contributed by atoms with van der Waals surface area (Å²) in [4.78, 5) is 0. The summed E-state index contributed by atoms with van der Waals surface area (Å²) >= 11 is 0. The third kappa shape index (κ3) is 12.6. The van der Waals surface area contributed by atoms with Crippen LogP contribution in [-0.4, -0.2) is 42.1 Å². The standard InChI is InChI=1S/C11H24O6S2/c1-10(8-16-18(5,12)13)6-7-19(14,15)17-9-11(2,3)4/h10H,6-9H2,1-5H3/t10-/m0/s1. The van der Waals surface area contributed by atoms with E-state index in [-0.39, 0.29) is 30.3 Å². The summed E-state index contributed by atoms with van der Waals surface area (Å²) in [5.74, 6) is -0.320. The van der Waals surface area contributed by atoms with Gasteiger partial charge in [0.25, 0.3) is 20.2 Å². The van der Waals surface area contributed by atoms with E-state index in [1.54, 1.807) is 6.92 Å². The molecule has 0 bridgehead atoms. The summed E-state index contributed by atoms with van der Waals surface area (Å²) in [7, 11) is -7.05. The second-order valence-electron chi connectivity index (χ2n) is 5.97. The lowest BCUT2D eigenvalue weighted by molar-refractivity contribution is 0.202. The minimum Gasteiger partial charge on any atom is -0.270 e. The van der Waals surface area contributed by atoms with Gasteiger partial charge < -0.3 is 0 Å². The summed E-state index contributed by atoms with van der Waals surface area (Å²) < 4.78 is 54.3. The average Bonchev–Trinajstić information content (AvgIpc) is 2.19. The van der Waals surface area contributed by atoms with Gasteiger partial charge in [0.05, 0.1) is 25.2 Å². The molecular formula is C11H24O6S2. The smallest absolute Gasteiger partial charge is 0.267 e. The first-order valence-electron chi connectivity index (χ1n) is 6.02. The first-order valence-corrected chi connectivity index (χ1v) is 9.42. The minimum atomic E-state index is -3.57. The molecule has 0 heterocycles. The van der Waals surface area contributed by atoms with Gasteiger partial charge in [0.15, 0.2) is 0 Å². The van der Waals surface area contributed by atoms with Gasteiger partial charge >= 0.3 is 0 Å². The monoisotopic (exact) mass is 316 g/mol. The van der Waals surface area contributed by atoms with Crippen LogP contribution in [0.2, 0.25) is 0 Å². The predicted octanol–water partition coefficient (Wildman–Crippen LogP) is 1.38. The van der Waals surface area contributed by atoms with Gasteiger partial charge in [-0.2, -0.15) is 16.8 Å². The highest BCUT2D eigenvalue weighted by molar-refractivity contribution is 7.86. The van der Waals surface area contributed by atoms with Crippen molar-refractivity contribution >= 4 is 20.2 Å². The van der Waals surface area contributed by atoms with E-state index < -0.39 is 20.2 Å². The molecule has 0 unspecified atom stereocenters. The molecule has 0 fully saturated rings. The Kier molecular flexibility index (Phi) is 6.94. The fraction of sp³-hybridized carbons (Fsp3) is 1.00. The largest absolute Gasteiger partial charge is 0.270 e. The van der Waals surface area contributed by atoms with Crippen LogP contribution in [0.3, 0.4) is 0 Å². The number of hydrogen-bond donors (Lipinski definition) is 0. The first kappa shape index (κ1) is 18.8. The lowest BCUT2D eigenvalue weighted by Gasteiger charge is -2.18. The number of rotatable bonds is 8. The van der Waals surface area contributed by atoms with E-state index >= 15 is 0 Å². The van der Waals surface area contributed by atoms with Crippen LogP contribution in [0.25, 0.3) is 0 Å². The second-order valence-corrected chi connectivity index (χ2v) is 9.37. The Morgan fingerprint density at radius 2 is 1.58 bits per heavy atom. The second kappa shape index (κ2) is 7.01. The Labute approximate surface area is 116 Å². The van der Waals surface area contributed by atoms with Crippen molar-refractivity contribution < 1.29 is 25.2 Å². The molecule has 0 aliphatic heterocycles. The van der Waals surface area contributed by atoms with Crippen molar-refractivity contribution in [2.75, 3.05) is 25.2 Å². The molecule has 116 valence electrons. The molecular weight excluding hydrogens is 292 g/mol. The lowest BCUT2D eigenvalue weighted by Crippen LogP contribution is -2.22. The summed E-state index contributed by atoms with van der Waals surface area (Å²) in [6, 6.07) is 0. The molecule has 1 atom stereocenters. The third-order valence-corrected chi connectivity index (χ3v) is 3.88. The normalized spacial score (nSPS) is 15.4. The molecule has 0 amide bonds. The van der Waals surface area contributed by atoms with E-state index in [0.29, 0.717) is 6.42 Å². The third-order valence-electron chi connectivity index (χ3n) is 2.10. The molecule has 0 aromatic carbocycles. The molecule has 0 N–H and O–H groups in total. The Morgan fingerprint density at radius 1 is 1.05 bits per heavy atom. The van der Waals surface area contributed by atoms with Crippen LogP contribution in [0.15, 0.2) is 0 Å². The van der Waals surface area contributed by atoms with Crippen LogP contribution in [0.4, 0.5) is 0 Å². The maximum Gasteiger partial charge on any atom is 0.267 e. The van der Waals surface area contributed by atoms with E-state index in [1.807, 2.05) is 20.8 Å². The van der Waals surface area contributed by atoms with E-state index in [1.165, 1.54) is 0 Å². The Balaban J connectivity index is 4.10. The van der Waals surface area contributed by atoms with E-state index in [9.17, 15) is 16.8 Å². The van der Waals surface area contributed by atoms with Crippen molar-refractivity contribution in [3.63, 3.8) is 0 Å². The predicted molar refractivity (Wildman–Crippen MR) is 73.8 cm³/mol. The summed E-state index contributed by atoms with van der Waals surface area (Å²) in [5, 5.41) is 0. The van der Waals surface area contributed by atoms with Crippen molar-refractivity contribution in [3.05, 3.63) is 0 Å². The highest BCUT2D eigenvalue weighted by Gasteiger charge is 2.19. The SMILES string of the molecule is C[C@@H](CCS(=O)(=O)OCC(C)(C)C)COS(C)(=O)=O. The topological polar surface area (TPSA) is 86.7 Å². The molecule has 19 heavy (non-hydrogen) atoms. The highest BCUT2D eigenvalue weighted by atomic mass is 32.2. The highest BCUT2D eigenvalue weighted by Crippen LogP contribution is 2.16. The van der Waals surface area contributed by atoms with Crippen LogP contribution in [0.1, 0.15) is 34.1 Å². The molecule has 0 rings (SSSR count). The van der Waals surface area contributed by atoms with Crippen molar-refractivity contribution in [3.8, 4) is 0 Å². The van der Waals surface area contributed by atoms with Crippen LogP contribution in [0.5, 0.6) is 0 Å². The molecule has 0 saturated heterocycles. The fourth-order valence-electron chi connectivity index (χ4n) is 0.994. The molecule has 0 aromatic heterocycles. The van der Waals surface area contributed by atoms with Gasteiger partial charge in [-0.05, 0) is 17.8 Å². The van der Waals surface area contributed by atoms with E-state index in [4.69, 9.17) is 4.18 Å². The lowest BCUT2D eigenvalue weighted by atomic mass is 9.99. The Bertz CT molecular complexity index is 458. The van der Waals surface area contributed by atoms with E-state index in [0.717, 1.165) is 6.26 Å². The molecule has 0 aliphatic rings. The fourth-order valence-corrected chi connectivity index (χ4v) is 2.82. The summed E-state index contributed by atoms with van der Waals surface area (Å²) in [5.41, 5.74) is -0.224. The van der Waals surface area contributed by atoms with Crippen molar-refractivity contribution in [2.45, 2.75) is 34.1 Å². The minimum absolute atomic E-state index is 0.0202. The molecule has 8 heteroatoms. The molecule has 0 spiro atoms. The van der Waals surface area contributed by atoms with Crippen LogP contribution < -0.4 is 0 Å². The molecule has 6 nitrogen and oxygen atoms in total. The average molecular weight is 316 g/mol. The maximum absolute atomic E-state index is 11.6. The summed E-state index contributed by atoms with van der Waals surface area (Å²) in [6.07, 6.45) is 1.25. The molecule has 0 saturated carbocycles. The van der Waals surface area contributed by atoms with Gasteiger partial charge in [-0.1, -0.05) is 27.7 Å².